The van der Waals surface area contributed by atoms with E-state index in [2.05, 4.69) is 89.1 Å². The smallest absolute Gasteiger partial charge is 0.252 e. The highest BCUT2D eigenvalue weighted by Crippen LogP contribution is 2.22. The van der Waals surface area contributed by atoms with E-state index in [1.54, 1.807) is 6.20 Å². The fourth-order valence-corrected chi connectivity index (χ4v) is 4.11. The van der Waals surface area contributed by atoms with E-state index in [0.29, 0.717) is 6.54 Å². The average Bonchev–Trinajstić information content (AvgIpc) is 2.91. The molecule has 2 rings (SSSR count). The molecule has 7 heteroatoms. The zero-order valence-corrected chi connectivity index (χ0v) is 16.9. The van der Waals surface area contributed by atoms with Crippen LogP contribution in [0.25, 0.3) is 0 Å². The summed E-state index contributed by atoms with van der Waals surface area (Å²) in [7, 11) is 0. The summed E-state index contributed by atoms with van der Waals surface area (Å²) in [6.07, 6.45) is 5.26. The second-order valence-electron chi connectivity index (χ2n) is 4.14. The van der Waals surface area contributed by atoms with Crippen molar-refractivity contribution in [1.29, 1.82) is 0 Å². The van der Waals surface area contributed by atoms with Crippen molar-refractivity contribution in [1.82, 2.24) is 15.3 Å². The predicted octanol–water partition coefficient (Wildman–Crippen LogP) is 3.59. The van der Waals surface area contributed by atoms with Crippen LogP contribution < -0.4 is 5.32 Å². The van der Waals surface area contributed by atoms with Crippen LogP contribution in [-0.4, -0.2) is 22.4 Å². The van der Waals surface area contributed by atoms with Crippen LogP contribution in [0, 0.1) is 10.7 Å². The van der Waals surface area contributed by atoms with E-state index in [4.69, 9.17) is 0 Å². The molecule has 106 valence electrons. The number of nitrogens with one attached hydrogen (secondary N) is 2. The van der Waals surface area contributed by atoms with Crippen molar-refractivity contribution in [2.45, 2.75) is 12.8 Å². The van der Waals surface area contributed by atoms with Gasteiger partial charge in [0.25, 0.3) is 5.91 Å². The van der Waals surface area contributed by atoms with Gasteiger partial charge in [-0.05, 0) is 86.3 Å². The molecule has 0 aliphatic rings. The Morgan fingerprint density at radius 1 is 1.30 bits per heavy atom. The summed E-state index contributed by atoms with van der Waals surface area (Å²) >= 11 is 6.71. The van der Waals surface area contributed by atoms with E-state index >= 15 is 0 Å². The van der Waals surface area contributed by atoms with Crippen molar-refractivity contribution in [3.8, 4) is 0 Å². The molecule has 1 amide bonds. The maximum atomic E-state index is 12.2. The molecule has 0 fully saturated rings. The third-order valence-corrected chi connectivity index (χ3v) is 6.34. The summed E-state index contributed by atoms with van der Waals surface area (Å²) in [5.74, 6) is 0.947. The first kappa shape index (κ1) is 16.5. The molecular formula is C13H12I3N3O. The summed E-state index contributed by atoms with van der Waals surface area (Å²) < 4.78 is 3.19. The first-order valence-corrected chi connectivity index (χ1v) is 9.22. The number of aromatic amines is 1. The van der Waals surface area contributed by atoms with Crippen LogP contribution in [0.15, 0.2) is 24.5 Å². The zero-order valence-electron chi connectivity index (χ0n) is 10.4. The number of nitrogens with zero attached hydrogens (tertiary/aromatic N) is 1. The highest BCUT2D eigenvalue weighted by atomic mass is 127. The van der Waals surface area contributed by atoms with Crippen molar-refractivity contribution < 1.29 is 4.79 Å². The van der Waals surface area contributed by atoms with E-state index in [1.807, 2.05) is 12.3 Å². The number of rotatable bonds is 5. The fraction of sp³-hybridized carbons (Fsp3) is 0.231. The Morgan fingerprint density at radius 2 is 2.10 bits per heavy atom. The SMILES string of the molecule is O=C(NCCCc1ncc[nH]1)c1cc(I)cc(I)c1I. The summed E-state index contributed by atoms with van der Waals surface area (Å²) in [4.78, 5) is 19.4. The Morgan fingerprint density at radius 3 is 2.80 bits per heavy atom. The van der Waals surface area contributed by atoms with Gasteiger partial charge in [-0.1, -0.05) is 0 Å². The lowest BCUT2D eigenvalue weighted by atomic mass is 10.2. The summed E-state index contributed by atoms with van der Waals surface area (Å²) in [6, 6.07) is 3.99. The molecular weight excluding hydrogens is 595 g/mol. The van der Waals surface area contributed by atoms with Crippen molar-refractivity contribution in [2.75, 3.05) is 6.54 Å². The lowest BCUT2D eigenvalue weighted by molar-refractivity contribution is 0.0952. The van der Waals surface area contributed by atoms with Gasteiger partial charge in [0.15, 0.2) is 0 Å². The number of hydrogen-bond acceptors (Lipinski definition) is 2. The highest BCUT2D eigenvalue weighted by Gasteiger charge is 2.13. The minimum absolute atomic E-state index is 0.00900. The number of carbonyl (C=O) groups is 1. The molecule has 0 aliphatic carbocycles. The van der Waals surface area contributed by atoms with Gasteiger partial charge in [0.2, 0.25) is 0 Å². The van der Waals surface area contributed by atoms with Crippen molar-refractivity contribution in [3.63, 3.8) is 0 Å². The molecule has 1 heterocycles. The first-order valence-electron chi connectivity index (χ1n) is 5.99. The number of imidazole rings is 1. The molecule has 0 saturated carbocycles. The largest absolute Gasteiger partial charge is 0.352 e. The van der Waals surface area contributed by atoms with Gasteiger partial charge < -0.3 is 10.3 Å². The lowest BCUT2D eigenvalue weighted by Crippen LogP contribution is -2.26. The van der Waals surface area contributed by atoms with E-state index in [-0.39, 0.29) is 5.91 Å². The molecule has 0 unspecified atom stereocenters. The Kier molecular flexibility index (Phi) is 6.52. The number of benzene rings is 1. The lowest BCUT2D eigenvalue weighted by Gasteiger charge is -2.08. The van der Waals surface area contributed by atoms with Crippen LogP contribution in [0.4, 0.5) is 0 Å². The number of aryl methyl sites for hydroxylation is 1. The first-order chi connectivity index (χ1) is 9.58. The highest BCUT2D eigenvalue weighted by molar-refractivity contribution is 14.1. The van der Waals surface area contributed by atoms with Crippen molar-refractivity contribution >= 4 is 73.7 Å². The van der Waals surface area contributed by atoms with Gasteiger partial charge in [0.1, 0.15) is 5.82 Å². The van der Waals surface area contributed by atoms with Gasteiger partial charge in [0, 0.05) is 36.1 Å². The molecule has 20 heavy (non-hydrogen) atoms. The Balaban J connectivity index is 1.89. The van der Waals surface area contributed by atoms with Gasteiger partial charge >= 0.3 is 0 Å². The third-order valence-electron chi connectivity index (χ3n) is 2.67. The van der Waals surface area contributed by atoms with Gasteiger partial charge in [-0.2, -0.15) is 0 Å². The predicted molar refractivity (Wildman–Crippen MR) is 104 cm³/mol. The molecule has 1 aromatic carbocycles. The zero-order chi connectivity index (χ0) is 14.5. The van der Waals surface area contributed by atoms with Crippen LogP contribution in [0.3, 0.4) is 0 Å². The number of carbonyl (C=O) groups excluding carboxylic acids is 1. The molecule has 0 saturated heterocycles. The monoisotopic (exact) mass is 607 g/mol. The standard InChI is InChI=1S/C13H12I3N3O/c14-8-6-9(12(16)10(15)7-8)13(20)19-3-1-2-11-17-4-5-18-11/h4-7H,1-3H2,(H,17,18)(H,19,20). The van der Waals surface area contributed by atoms with Crippen LogP contribution in [-0.2, 0) is 6.42 Å². The molecule has 0 radical (unpaired) electrons. The fourth-order valence-electron chi connectivity index (χ4n) is 1.71. The van der Waals surface area contributed by atoms with Crippen LogP contribution in [0.5, 0.6) is 0 Å². The van der Waals surface area contributed by atoms with Crippen LogP contribution >= 0.6 is 67.8 Å². The number of amides is 1. The minimum Gasteiger partial charge on any atom is -0.352 e. The molecule has 0 bridgehead atoms. The van der Waals surface area contributed by atoms with E-state index < -0.39 is 0 Å². The van der Waals surface area contributed by atoms with E-state index in [9.17, 15) is 4.79 Å². The topological polar surface area (TPSA) is 57.8 Å². The average molecular weight is 607 g/mol. The van der Waals surface area contributed by atoms with Gasteiger partial charge in [-0.3, -0.25) is 4.79 Å². The Labute approximate surface area is 158 Å². The minimum atomic E-state index is -0.00900. The molecule has 0 aliphatic heterocycles. The quantitative estimate of drug-likeness (QED) is 0.311. The summed E-state index contributed by atoms with van der Waals surface area (Å²) in [5.41, 5.74) is 0.750. The maximum Gasteiger partial charge on any atom is 0.252 e. The Hall–Kier alpha value is 0.0900. The van der Waals surface area contributed by atoms with Crippen LogP contribution in [0.2, 0.25) is 0 Å². The normalized spacial score (nSPS) is 10.6. The van der Waals surface area contributed by atoms with Crippen molar-refractivity contribution in [3.05, 3.63) is 46.6 Å². The molecule has 0 spiro atoms. The number of hydrogen-bond donors (Lipinski definition) is 2. The maximum absolute atomic E-state index is 12.2. The van der Waals surface area contributed by atoms with E-state index in [0.717, 1.165) is 34.9 Å². The third kappa shape index (κ3) is 4.55. The number of halogens is 3. The van der Waals surface area contributed by atoms with Gasteiger partial charge in [-0.15, -0.1) is 0 Å². The van der Waals surface area contributed by atoms with Gasteiger partial charge in [0.05, 0.1) is 5.56 Å². The number of H-pyrrole nitrogens is 1. The Bertz CT molecular complexity index is 599. The molecule has 0 atom stereocenters. The molecule has 4 nitrogen and oxygen atoms in total. The summed E-state index contributed by atoms with van der Waals surface area (Å²) in [6.45, 7) is 0.650. The van der Waals surface area contributed by atoms with Gasteiger partial charge in [-0.25, -0.2) is 4.98 Å². The molecule has 2 N–H and O–H groups in total. The second kappa shape index (κ2) is 7.92. The summed E-state index contributed by atoms with van der Waals surface area (Å²) in [5, 5.41) is 2.96. The van der Waals surface area contributed by atoms with Crippen LogP contribution in [0.1, 0.15) is 22.6 Å². The van der Waals surface area contributed by atoms with Crippen molar-refractivity contribution in [2.24, 2.45) is 0 Å². The molecule has 2 aromatic rings. The molecule has 1 aromatic heterocycles. The second-order valence-corrected chi connectivity index (χ2v) is 7.63. The van der Waals surface area contributed by atoms with E-state index in [1.165, 1.54) is 0 Å². The number of aromatic nitrogens is 2.